The molecule has 0 aliphatic carbocycles. The molecular weight excluding hydrogens is 354 g/mol. The Morgan fingerprint density at radius 2 is 2.00 bits per heavy atom. The van der Waals surface area contributed by atoms with Crippen LogP contribution < -0.4 is 4.74 Å². The summed E-state index contributed by atoms with van der Waals surface area (Å²) in [6.45, 7) is 0. The molecule has 0 saturated carbocycles. The number of benzene rings is 2. The highest BCUT2D eigenvalue weighted by Crippen LogP contribution is 2.32. The Morgan fingerprint density at radius 1 is 1.11 bits per heavy atom. The monoisotopic (exact) mass is 371 g/mol. The molecular formula is C20H17N7O. The molecule has 4 aromatic rings. The van der Waals surface area contributed by atoms with E-state index in [2.05, 4.69) is 32.5 Å². The van der Waals surface area contributed by atoms with Crippen LogP contribution in [-0.2, 0) is 12.8 Å². The van der Waals surface area contributed by atoms with Crippen molar-refractivity contribution in [2.24, 2.45) is 4.99 Å². The van der Waals surface area contributed by atoms with E-state index in [1.54, 1.807) is 18.1 Å². The summed E-state index contributed by atoms with van der Waals surface area (Å²) in [4.78, 5) is 8.88. The molecule has 0 unspecified atom stereocenters. The van der Waals surface area contributed by atoms with Gasteiger partial charge in [-0.2, -0.15) is 5.10 Å². The van der Waals surface area contributed by atoms with Crippen LogP contribution in [0.4, 0.5) is 5.69 Å². The number of hydrogen-bond acceptors (Lipinski definition) is 6. The van der Waals surface area contributed by atoms with Crippen molar-refractivity contribution in [1.29, 1.82) is 0 Å². The first kappa shape index (κ1) is 16.4. The molecule has 0 bridgehead atoms. The van der Waals surface area contributed by atoms with Crippen molar-refractivity contribution in [2.45, 2.75) is 12.8 Å². The first-order chi connectivity index (χ1) is 13.8. The molecule has 138 valence electrons. The van der Waals surface area contributed by atoms with Gasteiger partial charge in [-0.15, -0.1) is 5.10 Å². The normalized spacial score (nSPS) is 12.7. The number of aliphatic imine (C=N–C) groups is 1. The van der Waals surface area contributed by atoms with Crippen molar-refractivity contribution in [3.63, 3.8) is 0 Å². The Labute approximate surface area is 161 Å². The topological polar surface area (TPSA) is 83.0 Å². The number of hydrogen-bond donors (Lipinski definition) is 0. The zero-order valence-corrected chi connectivity index (χ0v) is 15.2. The summed E-state index contributed by atoms with van der Waals surface area (Å²) in [6.07, 6.45) is 4.39. The van der Waals surface area contributed by atoms with E-state index in [0.29, 0.717) is 12.8 Å². The molecule has 0 radical (unpaired) electrons. The Kier molecular flexibility index (Phi) is 3.93. The second-order valence-corrected chi connectivity index (χ2v) is 6.46. The minimum absolute atomic E-state index is 0.537. The van der Waals surface area contributed by atoms with Crippen LogP contribution in [0.3, 0.4) is 0 Å². The fourth-order valence-corrected chi connectivity index (χ4v) is 3.33. The molecule has 8 nitrogen and oxygen atoms in total. The Hall–Kier alpha value is -3.81. The molecule has 1 aliphatic heterocycles. The number of nitrogens with zero attached hydrogens (tertiary/aromatic N) is 7. The van der Waals surface area contributed by atoms with Crippen molar-refractivity contribution >= 4 is 11.5 Å². The van der Waals surface area contributed by atoms with Crippen LogP contribution in [0.25, 0.3) is 5.69 Å². The van der Waals surface area contributed by atoms with Crippen LogP contribution in [0, 0.1) is 0 Å². The Balaban J connectivity index is 1.66. The maximum Gasteiger partial charge on any atom is 0.138 e. The van der Waals surface area contributed by atoms with Crippen LogP contribution in [0.15, 0.2) is 66.2 Å². The van der Waals surface area contributed by atoms with E-state index in [0.717, 1.165) is 34.3 Å². The van der Waals surface area contributed by atoms with Gasteiger partial charge in [0.25, 0.3) is 0 Å². The first-order valence-corrected chi connectivity index (χ1v) is 8.90. The van der Waals surface area contributed by atoms with Crippen LogP contribution in [0.1, 0.15) is 17.0 Å². The summed E-state index contributed by atoms with van der Waals surface area (Å²) in [5, 5.41) is 13.2. The van der Waals surface area contributed by atoms with Crippen molar-refractivity contribution in [3.8, 4) is 11.4 Å². The molecule has 28 heavy (non-hydrogen) atoms. The fourth-order valence-electron chi connectivity index (χ4n) is 3.33. The van der Waals surface area contributed by atoms with Crippen molar-refractivity contribution in [3.05, 3.63) is 78.1 Å². The highest BCUT2D eigenvalue weighted by molar-refractivity contribution is 5.90. The predicted molar refractivity (Wildman–Crippen MR) is 103 cm³/mol. The zero-order chi connectivity index (χ0) is 18.9. The molecule has 1 aliphatic rings. The highest BCUT2D eigenvalue weighted by atomic mass is 16.5. The first-order valence-electron chi connectivity index (χ1n) is 8.90. The molecule has 0 N–H and O–H groups in total. The van der Waals surface area contributed by atoms with Gasteiger partial charge >= 0.3 is 0 Å². The lowest BCUT2D eigenvalue weighted by atomic mass is 10.1. The lowest BCUT2D eigenvalue weighted by molar-refractivity contribution is 0.414. The molecule has 0 atom stereocenters. The van der Waals surface area contributed by atoms with Crippen LogP contribution >= 0.6 is 0 Å². The molecule has 2 aromatic heterocycles. The van der Waals surface area contributed by atoms with Gasteiger partial charge in [-0.3, -0.25) is 0 Å². The summed E-state index contributed by atoms with van der Waals surface area (Å²) >= 11 is 0. The molecule has 0 amide bonds. The largest absolute Gasteiger partial charge is 0.497 e. The van der Waals surface area contributed by atoms with E-state index in [9.17, 15) is 0 Å². The van der Waals surface area contributed by atoms with Crippen molar-refractivity contribution < 1.29 is 4.74 Å². The quantitative estimate of drug-likeness (QED) is 0.553. The fraction of sp³-hybridized carbons (Fsp3) is 0.150. The number of ether oxygens (including phenoxy) is 1. The Morgan fingerprint density at radius 3 is 2.79 bits per heavy atom. The maximum absolute atomic E-state index is 5.40. The second-order valence-electron chi connectivity index (χ2n) is 6.46. The number of fused-ring (bicyclic) bond motifs is 3. The molecule has 2 aromatic carbocycles. The summed E-state index contributed by atoms with van der Waals surface area (Å²) in [5.74, 6) is 1.50. The minimum atomic E-state index is 0.537. The van der Waals surface area contributed by atoms with E-state index >= 15 is 0 Å². The average molecular weight is 371 g/mol. The maximum atomic E-state index is 5.40. The predicted octanol–water partition coefficient (Wildman–Crippen LogP) is 2.59. The minimum Gasteiger partial charge on any atom is -0.497 e. The van der Waals surface area contributed by atoms with Gasteiger partial charge in [0.2, 0.25) is 0 Å². The third-order valence-corrected chi connectivity index (χ3v) is 4.73. The zero-order valence-electron chi connectivity index (χ0n) is 15.2. The molecule has 8 heteroatoms. The van der Waals surface area contributed by atoms with Gasteiger partial charge in [0.1, 0.15) is 24.2 Å². The van der Waals surface area contributed by atoms with Gasteiger partial charge < -0.3 is 4.74 Å². The van der Waals surface area contributed by atoms with E-state index < -0.39 is 0 Å². The molecule has 5 rings (SSSR count). The second kappa shape index (κ2) is 6.73. The molecule has 0 saturated heterocycles. The third-order valence-electron chi connectivity index (χ3n) is 4.73. The van der Waals surface area contributed by atoms with Gasteiger partial charge in [-0.1, -0.05) is 35.5 Å². The van der Waals surface area contributed by atoms with E-state index in [4.69, 9.17) is 9.73 Å². The molecule has 0 spiro atoms. The van der Waals surface area contributed by atoms with Crippen LogP contribution in [0.5, 0.6) is 5.75 Å². The van der Waals surface area contributed by atoms with Gasteiger partial charge in [0.15, 0.2) is 0 Å². The van der Waals surface area contributed by atoms with Crippen LogP contribution in [0.2, 0.25) is 0 Å². The van der Waals surface area contributed by atoms with Gasteiger partial charge in [0.05, 0.1) is 36.3 Å². The number of rotatable bonds is 3. The summed E-state index contributed by atoms with van der Waals surface area (Å²) in [7, 11) is 1.64. The van der Waals surface area contributed by atoms with Gasteiger partial charge in [-0.05, 0) is 17.7 Å². The molecule has 3 heterocycles. The Bertz CT molecular complexity index is 1150. The number of aromatic nitrogens is 6. The average Bonchev–Trinajstić information content (AvgIpc) is 3.36. The SMILES string of the molecule is COc1ccc2c(c1)-n1nnc(Cc3ccccc3)c1CC(n1cncn1)=N2. The highest BCUT2D eigenvalue weighted by Gasteiger charge is 2.23. The smallest absolute Gasteiger partial charge is 0.138 e. The van der Waals surface area contributed by atoms with Gasteiger partial charge in [-0.25, -0.2) is 19.3 Å². The van der Waals surface area contributed by atoms with E-state index in [1.165, 1.54) is 11.9 Å². The third kappa shape index (κ3) is 2.84. The van der Waals surface area contributed by atoms with Crippen molar-refractivity contribution in [2.75, 3.05) is 7.11 Å². The van der Waals surface area contributed by atoms with Gasteiger partial charge in [0, 0.05) is 12.5 Å². The van der Waals surface area contributed by atoms with E-state index in [-0.39, 0.29) is 0 Å². The van der Waals surface area contributed by atoms with Crippen molar-refractivity contribution in [1.82, 2.24) is 29.8 Å². The standard InChI is InChI=1S/C20H17N7O/c1-28-15-7-8-16-18(10-15)27-19(11-20(23-16)26-13-21-12-22-26)17(24-25-27)9-14-5-3-2-4-6-14/h2-8,10,12-13H,9,11H2,1H3. The molecule has 0 fully saturated rings. The summed E-state index contributed by atoms with van der Waals surface area (Å²) in [5.41, 5.74) is 4.68. The lowest BCUT2D eigenvalue weighted by Gasteiger charge is -2.08. The summed E-state index contributed by atoms with van der Waals surface area (Å²) in [6, 6.07) is 16.0. The summed E-state index contributed by atoms with van der Waals surface area (Å²) < 4.78 is 8.93. The number of methoxy groups -OCH3 is 1. The van der Waals surface area contributed by atoms with E-state index in [1.807, 2.05) is 41.1 Å². The van der Waals surface area contributed by atoms with Crippen LogP contribution in [-0.4, -0.2) is 42.7 Å². The lowest BCUT2D eigenvalue weighted by Crippen LogP contribution is -2.17.